The number of hydrogen-bond donors (Lipinski definition) is 3. The van der Waals surface area contributed by atoms with Crippen LogP contribution in [0.3, 0.4) is 0 Å². The predicted octanol–water partition coefficient (Wildman–Crippen LogP) is 2.03. The summed E-state index contributed by atoms with van der Waals surface area (Å²) in [5.74, 6) is 1.62. The van der Waals surface area contributed by atoms with Crippen LogP contribution in [-0.4, -0.2) is 38.7 Å². The maximum Gasteiger partial charge on any atom is 0.255 e. The lowest BCUT2D eigenvalue weighted by Gasteiger charge is -2.12. The Balaban J connectivity index is 0.00000392. The summed E-state index contributed by atoms with van der Waals surface area (Å²) in [6.07, 6.45) is 2.48. The van der Waals surface area contributed by atoms with Gasteiger partial charge in [0, 0.05) is 26.7 Å². The SMILES string of the molecule is CN=C(NCCCOCc1ccco1)NCc1cccc(OCC(N)=O)c1.I. The van der Waals surface area contributed by atoms with E-state index in [-0.39, 0.29) is 30.6 Å². The Hall–Kier alpha value is -2.27. The van der Waals surface area contributed by atoms with Crippen LogP contribution < -0.4 is 21.1 Å². The molecule has 0 bridgehead atoms. The van der Waals surface area contributed by atoms with Gasteiger partial charge in [-0.15, -0.1) is 24.0 Å². The Labute approximate surface area is 181 Å². The average molecular weight is 502 g/mol. The summed E-state index contributed by atoms with van der Waals surface area (Å²) in [5, 5.41) is 6.46. The first-order chi connectivity index (χ1) is 13.2. The van der Waals surface area contributed by atoms with Crippen LogP contribution in [0.2, 0.25) is 0 Å². The van der Waals surface area contributed by atoms with Gasteiger partial charge in [0.15, 0.2) is 12.6 Å². The van der Waals surface area contributed by atoms with Crippen molar-refractivity contribution in [1.29, 1.82) is 0 Å². The third-order valence-electron chi connectivity index (χ3n) is 3.55. The minimum atomic E-state index is -0.503. The van der Waals surface area contributed by atoms with Gasteiger partial charge in [0.2, 0.25) is 0 Å². The Bertz CT molecular complexity index is 722. The minimum absolute atomic E-state index is 0. The quantitative estimate of drug-likeness (QED) is 0.188. The van der Waals surface area contributed by atoms with E-state index in [0.717, 1.165) is 24.3 Å². The van der Waals surface area contributed by atoms with Crippen LogP contribution in [0.1, 0.15) is 17.7 Å². The monoisotopic (exact) mass is 502 g/mol. The molecular weight excluding hydrogens is 475 g/mol. The molecule has 28 heavy (non-hydrogen) atoms. The average Bonchev–Trinajstić information content (AvgIpc) is 3.19. The van der Waals surface area contributed by atoms with Crippen LogP contribution in [0.25, 0.3) is 0 Å². The van der Waals surface area contributed by atoms with E-state index in [1.54, 1.807) is 19.4 Å². The van der Waals surface area contributed by atoms with Crippen LogP contribution >= 0.6 is 24.0 Å². The topological polar surface area (TPSA) is 111 Å². The summed E-state index contributed by atoms with van der Waals surface area (Å²) in [5.41, 5.74) is 6.08. The fraction of sp³-hybridized carbons (Fsp3) is 0.368. The first-order valence-electron chi connectivity index (χ1n) is 8.72. The van der Waals surface area contributed by atoms with Gasteiger partial charge in [-0.1, -0.05) is 12.1 Å². The number of ether oxygens (including phenoxy) is 2. The Morgan fingerprint density at radius 1 is 1.25 bits per heavy atom. The van der Waals surface area contributed by atoms with Gasteiger partial charge < -0.3 is 30.3 Å². The molecule has 9 heteroatoms. The third kappa shape index (κ3) is 9.60. The molecule has 4 N–H and O–H groups in total. The predicted molar refractivity (Wildman–Crippen MR) is 118 cm³/mol. The van der Waals surface area contributed by atoms with E-state index >= 15 is 0 Å². The van der Waals surface area contributed by atoms with Gasteiger partial charge in [-0.25, -0.2) is 0 Å². The molecule has 0 fully saturated rings. The van der Waals surface area contributed by atoms with Gasteiger partial charge in [-0.3, -0.25) is 9.79 Å². The lowest BCUT2D eigenvalue weighted by atomic mass is 10.2. The molecular formula is C19H27IN4O4. The molecule has 0 aliphatic rings. The summed E-state index contributed by atoms with van der Waals surface area (Å²) in [4.78, 5) is 15.0. The number of halogens is 1. The van der Waals surface area contributed by atoms with Crippen molar-refractivity contribution < 1.29 is 18.7 Å². The van der Waals surface area contributed by atoms with E-state index < -0.39 is 5.91 Å². The zero-order valence-corrected chi connectivity index (χ0v) is 18.2. The number of carbonyl (C=O) groups is 1. The third-order valence-corrected chi connectivity index (χ3v) is 3.55. The fourth-order valence-electron chi connectivity index (χ4n) is 2.25. The number of primary amides is 1. The lowest BCUT2D eigenvalue weighted by Crippen LogP contribution is -2.37. The van der Waals surface area contributed by atoms with E-state index in [0.29, 0.717) is 31.5 Å². The number of benzene rings is 1. The zero-order chi connectivity index (χ0) is 19.3. The summed E-state index contributed by atoms with van der Waals surface area (Å²) in [6, 6.07) is 11.2. The van der Waals surface area contributed by atoms with Gasteiger partial charge in [-0.05, 0) is 36.2 Å². The number of hydrogen-bond acceptors (Lipinski definition) is 5. The Kier molecular flexibility index (Phi) is 11.7. The van der Waals surface area contributed by atoms with Crippen molar-refractivity contribution in [2.75, 3.05) is 26.8 Å². The molecule has 1 aromatic heterocycles. The lowest BCUT2D eigenvalue weighted by molar-refractivity contribution is -0.119. The highest BCUT2D eigenvalue weighted by Gasteiger charge is 2.02. The number of amides is 1. The molecule has 1 aromatic carbocycles. The number of nitrogens with one attached hydrogen (secondary N) is 2. The zero-order valence-electron chi connectivity index (χ0n) is 15.8. The van der Waals surface area contributed by atoms with Crippen molar-refractivity contribution in [2.24, 2.45) is 10.7 Å². The van der Waals surface area contributed by atoms with Crippen molar-refractivity contribution in [3.05, 3.63) is 54.0 Å². The fourth-order valence-corrected chi connectivity index (χ4v) is 2.25. The molecule has 0 aliphatic carbocycles. The van der Waals surface area contributed by atoms with Crippen LogP contribution in [0, 0.1) is 0 Å². The van der Waals surface area contributed by atoms with Crippen molar-refractivity contribution in [1.82, 2.24) is 10.6 Å². The molecule has 0 radical (unpaired) electrons. The van der Waals surface area contributed by atoms with Crippen molar-refractivity contribution in [3.63, 3.8) is 0 Å². The largest absolute Gasteiger partial charge is 0.484 e. The molecule has 0 unspecified atom stereocenters. The van der Waals surface area contributed by atoms with E-state index in [9.17, 15) is 4.79 Å². The molecule has 0 aliphatic heterocycles. The molecule has 2 rings (SSSR count). The molecule has 0 saturated heterocycles. The molecule has 1 heterocycles. The van der Waals surface area contributed by atoms with Crippen molar-refractivity contribution in [2.45, 2.75) is 19.6 Å². The number of nitrogens with zero attached hydrogens (tertiary/aromatic N) is 1. The van der Waals surface area contributed by atoms with Crippen LogP contribution in [0.5, 0.6) is 5.75 Å². The van der Waals surface area contributed by atoms with Gasteiger partial charge in [0.05, 0.1) is 6.26 Å². The smallest absolute Gasteiger partial charge is 0.255 e. The number of guanidine groups is 1. The van der Waals surface area contributed by atoms with Gasteiger partial charge >= 0.3 is 0 Å². The highest BCUT2D eigenvalue weighted by Crippen LogP contribution is 2.13. The van der Waals surface area contributed by atoms with Gasteiger partial charge in [0.25, 0.3) is 5.91 Å². The van der Waals surface area contributed by atoms with E-state index in [4.69, 9.17) is 19.6 Å². The summed E-state index contributed by atoms with van der Waals surface area (Å²) in [7, 11) is 1.72. The normalized spacial score (nSPS) is 10.8. The molecule has 1 amide bonds. The van der Waals surface area contributed by atoms with Crippen LogP contribution in [0.15, 0.2) is 52.1 Å². The van der Waals surface area contributed by atoms with Gasteiger partial charge in [0.1, 0.15) is 18.1 Å². The molecule has 154 valence electrons. The Morgan fingerprint density at radius 2 is 2.11 bits per heavy atom. The van der Waals surface area contributed by atoms with E-state index in [1.807, 2.05) is 30.3 Å². The maximum absolute atomic E-state index is 10.8. The molecule has 0 saturated carbocycles. The number of furan rings is 1. The second-order valence-electron chi connectivity index (χ2n) is 5.74. The molecule has 0 spiro atoms. The number of carbonyl (C=O) groups excluding carboxylic acids is 1. The number of aliphatic imine (C=N–C) groups is 1. The number of rotatable bonds is 11. The number of nitrogens with two attached hydrogens (primary N) is 1. The second kappa shape index (κ2) is 13.8. The van der Waals surface area contributed by atoms with E-state index in [1.165, 1.54) is 0 Å². The Morgan fingerprint density at radius 3 is 2.82 bits per heavy atom. The van der Waals surface area contributed by atoms with Crippen molar-refractivity contribution >= 4 is 35.8 Å². The van der Waals surface area contributed by atoms with Crippen LogP contribution in [-0.2, 0) is 22.7 Å². The van der Waals surface area contributed by atoms with Crippen molar-refractivity contribution in [3.8, 4) is 5.75 Å². The highest BCUT2D eigenvalue weighted by atomic mass is 127. The maximum atomic E-state index is 10.8. The standard InChI is InChI=1S/C19H26N4O4.HI/c1-21-19(22-8-4-9-25-13-17-7-3-10-26-17)23-12-15-5-2-6-16(11-15)27-14-18(20)24;/h2-3,5-7,10-11H,4,8-9,12-14H2,1H3,(H2,20,24)(H2,21,22,23);1H. The second-order valence-corrected chi connectivity index (χ2v) is 5.74. The van der Waals surface area contributed by atoms with Crippen LogP contribution in [0.4, 0.5) is 0 Å². The van der Waals surface area contributed by atoms with E-state index in [2.05, 4.69) is 15.6 Å². The summed E-state index contributed by atoms with van der Waals surface area (Å²) in [6.45, 7) is 2.28. The molecule has 8 nitrogen and oxygen atoms in total. The molecule has 0 atom stereocenters. The highest BCUT2D eigenvalue weighted by molar-refractivity contribution is 14.0. The molecule has 2 aromatic rings. The first-order valence-corrected chi connectivity index (χ1v) is 8.72. The minimum Gasteiger partial charge on any atom is -0.484 e. The summed E-state index contributed by atoms with van der Waals surface area (Å²) >= 11 is 0. The van der Waals surface area contributed by atoms with Gasteiger partial charge in [-0.2, -0.15) is 0 Å². The first kappa shape index (κ1) is 23.8. The summed E-state index contributed by atoms with van der Waals surface area (Å²) < 4.78 is 16.0.